The summed E-state index contributed by atoms with van der Waals surface area (Å²) in [4.78, 5) is 43.8. The number of allylic oxidation sites excluding steroid dienone is 1. The number of aliphatic hydroxyl groups excluding tert-OH is 2. The molecule has 12 nitrogen and oxygen atoms in total. The van der Waals surface area contributed by atoms with Gasteiger partial charge >= 0.3 is 0 Å². The minimum atomic E-state index is -2.11. The zero-order chi connectivity index (χ0) is 30.7. The molecule has 1 heterocycles. The fraction of sp³-hybridized carbons (Fsp3) is 0.567. The van der Waals surface area contributed by atoms with E-state index in [0.717, 1.165) is 30.8 Å². The van der Waals surface area contributed by atoms with E-state index in [2.05, 4.69) is 5.32 Å². The lowest BCUT2D eigenvalue weighted by molar-refractivity contribution is -0.154. The molecule has 5 atom stereocenters. The molecule has 6 N–H and O–H groups in total. The number of likely N-dealkylation sites (N-methyl/N-ethyl adjacent to an activating group) is 1. The number of rotatable bonds is 8. The Morgan fingerprint density at radius 2 is 1.93 bits per heavy atom. The number of primary amides is 1. The van der Waals surface area contributed by atoms with Crippen LogP contribution in [0.4, 0.5) is 5.69 Å². The summed E-state index contributed by atoms with van der Waals surface area (Å²) in [6.07, 6.45) is 1.47. The molecule has 0 radical (unpaired) electrons. The second kappa shape index (κ2) is 11.0. The van der Waals surface area contributed by atoms with Crippen LogP contribution >= 0.6 is 0 Å². The number of phenols is 1. The number of Topliss-reactive ketones (excluding diaryl/α,β-unsaturated/α-hetero) is 2. The Bertz CT molecular complexity index is 1390. The minimum absolute atomic E-state index is 0.0382. The molecule has 1 aromatic carbocycles. The molecule has 5 rings (SSSR count). The Labute approximate surface area is 244 Å². The van der Waals surface area contributed by atoms with Crippen molar-refractivity contribution in [1.82, 2.24) is 10.2 Å². The van der Waals surface area contributed by atoms with Crippen molar-refractivity contribution in [3.63, 3.8) is 0 Å². The van der Waals surface area contributed by atoms with E-state index in [4.69, 9.17) is 15.2 Å². The molecule has 12 heteroatoms. The third-order valence-electron chi connectivity index (χ3n) is 9.28. The van der Waals surface area contributed by atoms with Crippen LogP contribution in [-0.4, -0.2) is 104 Å². The molecule has 3 aliphatic carbocycles. The first-order valence-electron chi connectivity index (χ1n) is 14.2. The van der Waals surface area contributed by atoms with Gasteiger partial charge in [0.05, 0.1) is 18.2 Å². The maximum atomic E-state index is 14.1. The Morgan fingerprint density at radius 1 is 1.21 bits per heavy atom. The van der Waals surface area contributed by atoms with Gasteiger partial charge < -0.3 is 40.7 Å². The van der Waals surface area contributed by atoms with Crippen LogP contribution in [0.2, 0.25) is 0 Å². The number of ketones is 2. The normalized spacial score (nSPS) is 29.1. The number of carbonyl (C=O) groups is 3. The number of aromatic hydroxyl groups is 1. The number of hydrogen-bond acceptors (Lipinski definition) is 11. The molecule has 1 aliphatic heterocycles. The lowest BCUT2D eigenvalue weighted by Crippen LogP contribution is -2.64. The van der Waals surface area contributed by atoms with Crippen LogP contribution in [0.1, 0.15) is 34.3 Å². The van der Waals surface area contributed by atoms with Crippen molar-refractivity contribution in [2.24, 2.45) is 23.5 Å². The third-order valence-corrected chi connectivity index (χ3v) is 9.28. The molecular weight excluding hydrogens is 544 g/mol. The summed E-state index contributed by atoms with van der Waals surface area (Å²) in [5, 5.41) is 37.5. The summed E-state index contributed by atoms with van der Waals surface area (Å²) in [6, 6.07) is 0.668. The van der Waals surface area contributed by atoms with E-state index in [1.54, 1.807) is 25.1 Å². The molecule has 0 spiro atoms. The fourth-order valence-electron chi connectivity index (χ4n) is 7.54. The number of hydrogen-bond donors (Lipinski definition) is 5. The van der Waals surface area contributed by atoms with Crippen LogP contribution in [0.15, 0.2) is 28.7 Å². The predicted molar refractivity (Wildman–Crippen MR) is 153 cm³/mol. The zero-order valence-corrected chi connectivity index (χ0v) is 24.7. The third kappa shape index (κ3) is 4.39. The number of nitrogens with zero attached hydrogens (tertiary/aromatic N) is 2. The maximum Gasteiger partial charge on any atom is 0.255 e. The average molecular weight is 585 g/mol. The number of carbonyl (C=O) groups excluding carboxylic acids is 3. The van der Waals surface area contributed by atoms with Crippen molar-refractivity contribution in [3.8, 4) is 5.75 Å². The molecule has 42 heavy (non-hydrogen) atoms. The molecule has 1 amide bonds. The quantitative estimate of drug-likeness (QED) is 0.275. The van der Waals surface area contributed by atoms with Crippen molar-refractivity contribution in [2.75, 3.05) is 60.0 Å². The van der Waals surface area contributed by atoms with Gasteiger partial charge in [-0.2, -0.15) is 0 Å². The Morgan fingerprint density at radius 3 is 2.50 bits per heavy atom. The van der Waals surface area contributed by atoms with E-state index in [-0.39, 0.29) is 23.3 Å². The van der Waals surface area contributed by atoms with Gasteiger partial charge in [-0.1, -0.05) is 0 Å². The molecule has 228 valence electrons. The van der Waals surface area contributed by atoms with Crippen LogP contribution in [0.25, 0.3) is 0 Å². The Hall–Kier alpha value is -3.45. The van der Waals surface area contributed by atoms with E-state index >= 15 is 0 Å². The van der Waals surface area contributed by atoms with Gasteiger partial charge in [-0.15, -0.1) is 0 Å². The van der Waals surface area contributed by atoms with Crippen molar-refractivity contribution >= 4 is 23.2 Å². The maximum absolute atomic E-state index is 14.1. The minimum Gasteiger partial charge on any atom is -0.510 e. The number of nitrogens with one attached hydrogen (secondary N) is 1. The van der Waals surface area contributed by atoms with Gasteiger partial charge in [-0.25, -0.2) is 0 Å². The van der Waals surface area contributed by atoms with Crippen molar-refractivity contribution in [1.29, 1.82) is 0 Å². The number of methoxy groups -OCH3 is 1. The highest BCUT2D eigenvalue weighted by Crippen LogP contribution is 2.54. The molecule has 1 fully saturated rings. The topological polar surface area (TPSA) is 175 Å². The molecule has 1 unspecified atom stereocenters. The van der Waals surface area contributed by atoms with Crippen LogP contribution in [0.5, 0.6) is 5.75 Å². The lowest BCUT2D eigenvalue weighted by atomic mass is 9.58. The predicted octanol–water partition coefficient (Wildman–Crippen LogP) is 0.967. The molecule has 4 aliphatic rings. The second-order valence-corrected chi connectivity index (χ2v) is 12.1. The van der Waals surface area contributed by atoms with Crippen molar-refractivity contribution in [3.05, 3.63) is 45.4 Å². The standard InChI is InChI=1S/C30H40N4O8/c1-33(2)23-16(12-32-11-14-6-7-42-13-14)10-19(35)21-17(23)8-15-9-18-24(34(3)4)26(37)22(29(31)40)28(39)30(18,41-5)27(38)20(15)25(21)36/h10,14-15,18,24,32,35,37-38H,6-9,11-13H2,1-5H3,(H2,31,40)/t14?,15-,18-,24-,30-/m0/s1. The highest BCUT2D eigenvalue weighted by molar-refractivity contribution is 6.25. The smallest absolute Gasteiger partial charge is 0.255 e. The van der Waals surface area contributed by atoms with Crippen molar-refractivity contribution in [2.45, 2.75) is 37.5 Å². The summed E-state index contributed by atoms with van der Waals surface area (Å²) >= 11 is 0. The summed E-state index contributed by atoms with van der Waals surface area (Å²) in [7, 11) is 8.32. The zero-order valence-electron chi connectivity index (χ0n) is 24.7. The van der Waals surface area contributed by atoms with Crippen LogP contribution in [0.3, 0.4) is 0 Å². The number of ether oxygens (including phenoxy) is 2. The molecule has 0 saturated carbocycles. The molecule has 1 aromatic rings. The van der Waals surface area contributed by atoms with Crippen LogP contribution in [0, 0.1) is 17.8 Å². The summed E-state index contributed by atoms with van der Waals surface area (Å²) < 4.78 is 11.2. The number of aliphatic hydroxyl groups is 2. The van der Waals surface area contributed by atoms with Gasteiger partial charge in [-0.3, -0.25) is 19.3 Å². The SMILES string of the molecule is CO[C@@]12C(=O)C(C(N)=O)=C(O)[C@@H](N(C)C)[C@@H]1C[C@@H]1Cc3c(c(O)cc(CNCC4CCOC4)c3N(C)C)C(=O)C1=C2O. The van der Waals surface area contributed by atoms with Gasteiger partial charge in [0.1, 0.15) is 22.8 Å². The van der Waals surface area contributed by atoms with E-state index in [9.17, 15) is 29.7 Å². The largest absolute Gasteiger partial charge is 0.510 e. The number of nitrogens with two attached hydrogens (primary N) is 1. The highest BCUT2D eigenvalue weighted by Gasteiger charge is 2.64. The molecule has 1 saturated heterocycles. The van der Waals surface area contributed by atoms with Gasteiger partial charge in [0.15, 0.2) is 11.4 Å². The van der Waals surface area contributed by atoms with Gasteiger partial charge in [0.2, 0.25) is 5.78 Å². The number of amides is 1. The van der Waals surface area contributed by atoms with Crippen LogP contribution in [-0.2, 0) is 32.0 Å². The number of benzene rings is 1. The summed E-state index contributed by atoms with van der Waals surface area (Å²) in [5.74, 6) is -5.04. The first kappa shape index (κ1) is 30.0. The fourth-order valence-corrected chi connectivity index (χ4v) is 7.54. The number of phenolic OH excluding ortho intramolecular Hbond substituents is 1. The summed E-state index contributed by atoms with van der Waals surface area (Å²) in [5.41, 5.74) is 5.02. The highest BCUT2D eigenvalue weighted by atomic mass is 16.5. The first-order valence-corrected chi connectivity index (χ1v) is 14.2. The molecular formula is C30H40N4O8. The lowest BCUT2D eigenvalue weighted by Gasteiger charge is -2.51. The number of anilines is 1. The van der Waals surface area contributed by atoms with Crippen molar-refractivity contribution < 1.29 is 39.2 Å². The van der Waals surface area contributed by atoms with Gasteiger partial charge in [0, 0.05) is 58.1 Å². The van der Waals surface area contributed by atoms with E-state index in [0.29, 0.717) is 31.1 Å². The van der Waals surface area contributed by atoms with E-state index in [1.807, 2.05) is 19.0 Å². The molecule has 0 aromatic heterocycles. The molecule has 0 bridgehead atoms. The first-order chi connectivity index (χ1) is 19.9. The summed E-state index contributed by atoms with van der Waals surface area (Å²) in [6.45, 7) is 2.70. The Kier molecular flexibility index (Phi) is 7.86. The van der Waals surface area contributed by atoms with Gasteiger partial charge in [-0.05, 0) is 62.4 Å². The van der Waals surface area contributed by atoms with E-state index in [1.165, 1.54) is 7.11 Å². The van der Waals surface area contributed by atoms with E-state index < -0.39 is 58.0 Å². The van der Waals surface area contributed by atoms with Gasteiger partial charge in [0.25, 0.3) is 5.91 Å². The average Bonchev–Trinajstić information content (AvgIpc) is 3.41. The van der Waals surface area contributed by atoms with Crippen LogP contribution < -0.4 is 16.0 Å². The Balaban J connectivity index is 1.62. The number of fused-ring (bicyclic) bond motifs is 3. The second-order valence-electron chi connectivity index (χ2n) is 12.1. The monoisotopic (exact) mass is 584 g/mol.